The van der Waals surface area contributed by atoms with Crippen molar-refractivity contribution >= 4 is 26.9 Å². The third kappa shape index (κ3) is 3.02. The maximum atomic E-state index is 13.2. The fourth-order valence-electron chi connectivity index (χ4n) is 4.84. The van der Waals surface area contributed by atoms with Gasteiger partial charge in [0.05, 0.1) is 10.3 Å². The normalized spacial score (nSPS) is 24.1. The zero-order valence-electron chi connectivity index (χ0n) is 16.6. The molecule has 3 heterocycles. The average Bonchev–Trinajstić information content (AvgIpc) is 3.41. The van der Waals surface area contributed by atoms with Gasteiger partial charge in [0.2, 0.25) is 0 Å². The highest BCUT2D eigenvalue weighted by Crippen LogP contribution is 2.39. The Morgan fingerprint density at radius 2 is 1.76 bits per heavy atom. The molecule has 29 heavy (non-hydrogen) atoms. The van der Waals surface area contributed by atoms with E-state index >= 15 is 0 Å². The molecule has 1 aromatic carbocycles. The number of benzene rings is 1. The van der Waals surface area contributed by atoms with Gasteiger partial charge in [-0.25, -0.2) is 22.4 Å². The SMILES string of the molecule is Cc1ccc(S(=O)(=O)n2ccc3c(N(C)C4C[C@H]5CNC[C@H]5C4)ncnc32)cc1. The van der Waals surface area contributed by atoms with Crippen molar-refractivity contribution in [2.45, 2.75) is 30.7 Å². The van der Waals surface area contributed by atoms with Crippen LogP contribution in [-0.2, 0) is 10.0 Å². The molecule has 3 aromatic rings. The van der Waals surface area contributed by atoms with E-state index in [2.05, 4.69) is 27.2 Å². The van der Waals surface area contributed by atoms with Gasteiger partial charge in [0, 0.05) is 19.3 Å². The molecular weight excluding hydrogens is 386 g/mol. The van der Waals surface area contributed by atoms with Gasteiger partial charge in [-0.05, 0) is 62.9 Å². The number of hydrogen-bond acceptors (Lipinski definition) is 6. The first-order valence-electron chi connectivity index (χ1n) is 10.0. The molecule has 7 nitrogen and oxygen atoms in total. The molecule has 1 saturated carbocycles. The van der Waals surface area contributed by atoms with Crippen LogP contribution in [0.2, 0.25) is 0 Å². The Morgan fingerprint density at radius 1 is 1.07 bits per heavy atom. The van der Waals surface area contributed by atoms with Crippen LogP contribution in [0.25, 0.3) is 11.0 Å². The molecule has 2 aliphatic rings. The largest absolute Gasteiger partial charge is 0.356 e. The van der Waals surface area contributed by atoms with Gasteiger partial charge in [0.25, 0.3) is 10.0 Å². The lowest BCUT2D eigenvalue weighted by molar-refractivity contribution is 0.494. The van der Waals surface area contributed by atoms with Crippen molar-refractivity contribution in [3.63, 3.8) is 0 Å². The van der Waals surface area contributed by atoms with Gasteiger partial charge >= 0.3 is 0 Å². The van der Waals surface area contributed by atoms with Crippen LogP contribution >= 0.6 is 0 Å². The van der Waals surface area contributed by atoms with Crippen LogP contribution in [0.15, 0.2) is 47.8 Å². The van der Waals surface area contributed by atoms with E-state index in [9.17, 15) is 8.42 Å². The molecule has 1 saturated heterocycles. The summed E-state index contributed by atoms with van der Waals surface area (Å²) in [5.41, 5.74) is 1.44. The Morgan fingerprint density at radius 3 is 2.45 bits per heavy atom. The summed E-state index contributed by atoms with van der Waals surface area (Å²) in [5.74, 6) is 2.25. The van der Waals surface area contributed by atoms with E-state index in [4.69, 9.17) is 0 Å². The number of aromatic nitrogens is 3. The second-order valence-electron chi connectivity index (χ2n) is 8.28. The Hall–Kier alpha value is -2.45. The molecule has 152 valence electrons. The van der Waals surface area contributed by atoms with Crippen LogP contribution in [0.4, 0.5) is 5.82 Å². The van der Waals surface area contributed by atoms with E-state index in [1.54, 1.807) is 30.5 Å². The predicted molar refractivity (Wildman–Crippen MR) is 113 cm³/mol. The van der Waals surface area contributed by atoms with Crippen molar-refractivity contribution in [1.29, 1.82) is 0 Å². The van der Waals surface area contributed by atoms with E-state index in [0.29, 0.717) is 11.7 Å². The molecule has 1 aliphatic heterocycles. The Balaban J connectivity index is 1.52. The molecule has 0 radical (unpaired) electrons. The Labute approximate surface area is 170 Å². The molecule has 0 bridgehead atoms. The van der Waals surface area contributed by atoms with Gasteiger partial charge in [-0.15, -0.1) is 0 Å². The van der Waals surface area contributed by atoms with Crippen LogP contribution in [0, 0.1) is 18.8 Å². The summed E-state index contributed by atoms with van der Waals surface area (Å²) < 4.78 is 27.6. The maximum Gasteiger partial charge on any atom is 0.269 e. The number of hydrogen-bond donors (Lipinski definition) is 1. The molecule has 1 aliphatic carbocycles. The monoisotopic (exact) mass is 411 g/mol. The quantitative estimate of drug-likeness (QED) is 0.710. The smallest absolute Gasteiger partial charge is 0.269 e. The summed E-state index contributed by atoms with van der Waals surface area (Å²) >= 11 is 0. The molecule has 0 spiro atoms. The highest BCUT2D eigenvalue weighted by molar-refractivity contribution is 7.90. The first-order valence-corrected chi connectivity index (χ1v) is 11.5. The van der Waals surface area contributed by atoms with E-state index < -0.39 is 10.0 Å². The number of fused-ring (bicyclic) bond motifs is 2. The fraction of sp³-hybridized carbons (Fsp3) is 0.429. The minimum atomic E-state index is -3.71. The minimum Gasteiger partial charge on any atom is -0.356 e. The van der Waals surface area contributed by atoms with Crippen LogP contribution in [0.3, 0.4) is 0 Å². The fourth-order valence-corrected chi connectivity index (χ4v) is 6.14. The first-order chi connectivity index (χ1) is 13.9. The minimum absolute atomic E-state index is 0.255. The lowest BCUT2D eigenvalue weighted by atomic mass is 10.0. The number of anilines is 1. The third-order valence-corrected chi connectivity index (χ3v) is 8.20. The molecule has 1 unspecified atom stereocenters. The van der Waals surface area contributed by atoms with Gasteiger partial charge < -0.3 is 10.2 Å². The summed E-state index contributed by atoms with van der Waals surface area (Å²) in [6.07, 6.45) is 5.33. The van der Waals surface area contributed by atoms with Crippen molar-refractivity contribution in [3.05, 3.63) is 48.4 Å². The van der Waals surface area contributed by atoms with E-state index in [1.165, 1.54) is 10.3 Å². The lowest BCUT2D eigenvalue weighted by Crippen LogP contribution is -2.32. The number of rotatable bonds is 4. The summed E-state index contributed by atoms with van der Waals surface area (Å²) in [6.45, 7) is 4.13. The Bertz CT molecular complexity index is 1140. The molecule has 8 heteroatoms. The summed E-state index contributed by atoms with van der Waals surface area (Å²) in [7, 11) is -1.65. The summed E-state index contributed by atoms with van der Waals surface area (Å²) in [4.78, 5) is 11.3. The Kier molecular flexibility index (Phi) is 4.36. The second kappa shape index (κ2) is 6.81. The van der Waals surface area contributed by atoms with Crippen LogP contribution in [0.1, 0.15) is 18.4 Å². The summed E-state index contributed by atoms with van der Waals surface area (Å²) in [5, 5.41) is 4.24. The van der Waals surface area contributed by atoms with Gasteiger partial charge in [0.15, 0.2) is 5.65 Å². The van der Waals surface area contributed by atoms with Crippen LogP contribution in [-0.4, -0.2) is 48.5 Å². The highest BCUT2D eigenvalue weighted by Gasteiger charge is 2.39. The summed E-state index contributed by atoms with van der Waals surface area (Å²) in [6, 6.07) is 9.11. The topological polar surface area (TPSA) is 80.1 Å². The maximum absolute atomic E-state index is 13.2. The molecule has 2 aromatic heterocycles. The second-order valence-corrected chi connectivity index (χ2v) is 10.1. The molecule has 2 fully saturated rings. The van der Waals surface area contributed by atoms with Crippen LogP contribution < -0.4 is 10.2 Å². The third-order valence-electron chi connectivity index (χ3n) is 6.52. The number of nitrogens with one attached hydrogen (secondary N) is 1. The first kappa shape index (κ1) is 18.6. The van der Waals surface area contributed by atoms with Gasteiger partial charge in [-0.3, -0.25) is 0 Å². The zero-order chi connectivity index (χ0) is 20.2. The van der Waals surface area contributed by atoms with E-state index in [1.807, 2.05) is 13.0 Å². The average molecular weight is 412 g/mol. The predicted octanol–water partition coefficient (Wildman–Crippen LogP) is 2.41. The lowest BCUT2D eigenvalue weighted by Gasteiger charge is -2.26. The van der Waals surface area contributed by atoms with Gasteiger partial charge in [-0.2, -0.15) is 0 Å². The number of aryl methyl sites for hydroxylation is 1. The van der Waals surface area contributed by atoms with Crippen molar-refractivity contribution < 1.29 is 8.42 Å². The van der Waals surface area contributed by atoms with Gasteiger partial charge in [0.1, 0.15) is 12.1 Å². The van der Waals surface area contributed by atoms with Gasteiger partial charge in [-0.1, -0.05) is 17.7 Å². The molecule has 3 atom stereocenters. The van der Waals surface area contributed by atoms with Crippen molar-refractivity contribution in [3.8, 4) is 0 Å². The standard InChI is InChI=1S/C21H25N5O2S/c1-14-3-5-18(6-4-14)29(27,28)26-8-7-19-20(23-13-24-21(19)26)25(2)17-9-15-11-22-12-16(15)10-17/h3-8,13,15-17,22H,9-12H2,1-2H3/t15-,16+,17?. The van der Waals surface area contributed by atoms with Crippen LogP contribution in [0.5, 0.6) is 0 Å². The van der Waals surface area contributed by atoms with Crippen molar-refractivity contribution in [2.75, 3.05) is 25.0 Å². The molecule has 1 N–H and O–H groups in total. The van der Waals surface area contributed by atoms with E-state index in [-0.39, 0.29) is 4.90 Å². The van der Waals surface area contributed by atoms with Crippen molar-refractivity contribution in [2.24, 2.45) is 11.8 Å². The van der Waals surface area contributed by atoms with E-state index in [0.717, 1.165) is 54.5 Å². The van der Waals surface area contributed by atoms with Crippen molar-refractivity contribution in [1.82, 2.24) is 19.3 Å². The zero-order valence-corrected chi connectivity index (χ0v) is 17.4. The highest BCUT2D eigenvalue weighted by atomic mass is 32.2. The number of nitrogens with zero attached hydrogens (tertiary/aromatic N) is 4. The molecular formula is C21H25N5O2S. The molecule has 5 rings (SSSR count). The molecule has 0 amide bonds.